The summed E-state index contributed by atoms with van der Waals surface area (Å²) in [4.78, 5) is 2.38. The molecule has 0 fully saturated rings. The first-order valence-corrected chi connectivity index (χ1v) is 8.12. The van der Waals surface area contributed by atoms with Gasteiger partial charge < -0.3 is 15.2 Å². The smallest absolute Gasteiger partial charge is 0.0589 e. The summed E-state index contributed by atoms with van der Waals surface area (Å²) < 4.78 is 11.5. The summed E-state index contributed by atoms with van der Waals surface area (Å²) in [6.07, 6.45) is 0.984. The lowest BCUT2D eigenvalue weighted by atomic mass is 9.99. The fourth-order valence-corrected chi connectivity index (χ4v) is 2.96. The van der Waals surface area contributed by atoms with Crippen LogP contribution in [0.3, 0.4) is 0 Å². The van der Waals surface area contributed by atoms with Crippen LogP contribution in [-0.4, -0.2) is 51.5 Å². The van der Waals surface area contributed by atoms with E-state index in [0.717, 1.165) is 30.6 Å². The minimum atomic E-state index is 0.0405. The maximum atomic E-state index is 6.27. The molecule has 0 saturated carbocycles. The topological polar surface area (TPSA) is 47.7 Å². The average molecular weight is 359 g/mol. The molecular formula is C16H27BrN2O2. The van der Waals surface area contributed by atoms with E-state index < -0.39 is 0 Å². The van der Waals surface area contributed by atoms with Crippen molar-refractivity contribution in [3.8, 4) is 0 Å². The predicted molar refractivity (Wildman–Crippen MR) is 90.5 cm³/mol. The zero-order chi connectivity index (χ0) is 15.7. The van der Waals surface area contributed by atoms with E-state index in [1.807, 2.05) is 6.07 Å². The third kappa shape index (κ3) is 6.45. The van der Waals surface area contributed by atoms with Crippen LogP contribution in [0.4, 0.5) is 0 Å². The summed E-state index contributed by atoms with van der Waals surface area (Å²) in [5, 5.41) is 0. The number of nitrogens with zero attached hydrogens (tertiary/aromatic N) is 1. The number of hydrogen-bond acceptors (Lipinski definition) is 4. The van der Waals surface area contributed by atoms with Crippen LogP contribution in [-0.2, 0) is 9.47 Å². The molecule has 0 saturated heterocycles. The van der Waals surface area contributed by atoms with Gasteiger partial charge in [0, 0.05) is 50.5 Å². The summed E-state index contributed by atoms with van der Waals surface area (Å²) in [7, 11) is 3.46. The van der Waals surface area contributed by atoms with Gasteiger partial charge in [-0.25, -0.2) is 0 Å². The molecule has 2 N–H and O–H groups in total. The van der Waals surface area contributed by atoms with E-state index in [4.69, 9.17) is 15.2 Å². The van der Waals surface area contributed by atoms with Crippen molar-refractivity contribution in [1.82, 2.24) is 4.90 Å². The summed E-state index contributed by atoms with van der Waals surface area (Å²) in [6, 6.07) is 8.58. The fourth-order valence-electron chi connectivity index (χ4n) is 2.55. The minimum Gasteiger partial charge on any atom is -0.385 e. The normalized spacial score (nSPS) is 14.4. The number of rotatable bonds is 10. The van der Waals surface area contributed by atoms with Gasteiger partial charge >= 0.3 is 0 Å². The van der Waals surface area contributed by atoms with E-state index in [9.17, 15) is 0 Å². The van der Waals surface area contributed by atoms with Gasteiger partial charge in [-0.15, -0.1) is 0 Å². The van der Waals surface area contributed by atoms with Gasteiger partial charge in [0.05, 0.1) is 6.61 Å². The Labute approximate surface area is 136 Å². The Bertz CT molecular complexity index is 402. The Morgan fingerprint density at radius 2 is 1.90 bits per heavy atom. The molecule has 0 amide bonds. The van der Waals surface area contributed by atoms with Crippen molar-refractivity contribution < 1.29 is 9.47 Å². The summed E-state index contributed by atoms with van der Waals surface area (Å²) in [5.74, 6) is 0. The van der Waals surface area contributed by atoms with Crippen LogP contribution in [0.15, 0.2) is 28.7 Å². The lowest BCUT2D eigenvalue weighted by molar-refractivity contribution is 0.0981. The number of nitrogens with two attached hydrogens (primary N) is 1. The highest BCUT2D eigenvalue weighted by molar-refractivity contribution is 9.10. The zero-order valence-electron chi connectivity index (χ0n) is 13.2. The molecule has 5 heteroatoms. The molecule has 120 valence electrons. The van der Waals surface area contributed by atoms with Crippen LogP contribution in [0.5, 0.6) is 0 Å². The van der Waals surface area contributed by atoms with Gasteiger partial charge in [-0.05, 0) is 31.0 Å². The van der Waals surface area contributed by atoms with Gasteiger partial charge in [-0.1, -0.05) is 28.1 Å². The van der Waals surface area contributed by atoms with E-state index in [1.165, 1.54) is 5.56 Å². The van der Waals surface area contributed by atoms with Crippen LogP contribution in [0.25, 0.3) is 0 Å². The number of hydrogen-bond donors (Lipinski definition) is 1. The number of methoxy groups -OCH3 is 2. The molecule has 4 nitrogen and oxygen atoms in total. The molecule has 0 radical (unpaired) electrons. The minimum absolute atomic E-state index is 0.0405. The molecule has 1 aromatic carbocycles. The van der Waals surface area contributed by atoms with Gasteiger partial charge in [-0.2, -0.15) is 0 Å². The largest absolute Gasteiger partial charge is 0.385 e. The maximum absolute atomic E-state index is 6.27. The highest BCUT2D eigenvalue weighted by Gasteiger charge is 2.23. The molecule has 21 heavy (non-hydrogen) atoms. The highest BCUT2D eigenvalue weighted by Crippen LogP contribution is 2.26. The number of halogens is 1. The Balaban J connectivity index is 2.89. The van der Waals surface area contributed by atoms with Crippen LogP contribution in [0, 0.1) is 0 Å². The van der Waals surface area contributed by atoms with Crippen molar-refractivity contribution in [3.05, 3.63) is 34.3 Å². The van der Waals surface area contributed by atoms with Crippen molar-refractivity contribution in [2.24, 2.45) is 5.73 Å². The van der Waals surface area contributed by atoms with E-state index in [0.29, 0.717) is 6.61 Å². The second kappa shape index (κ2) is 10.3. The van der Waals surface area contributed by atoms with Crippen LogP contribution in [0.2, 0.25) is 0 Å². The van der Waals surface area contributed by atoms with Crippen molar-refractivity contribution in [3.63, 3.8) is 0 Å². The Morgan fingerprint density at radius 1 is 1.19 bits per heavy atom. The van der Waals surface area contributed by atoms with Crippen LogP contribution in [0.1, 0.15) is 24.9 Å². The summed E-state index contributed by atoms with van der Waals surface area (Å²) in [5.41, 5.74) is 7.50. The van der Waals surface area contributed by atoms with Crippen molar-refractivity contribution >= 4 is 15.9 Å². The van der Waals surface area contributed by atoms with Gasteiger partial charge in [-0.3, -0.25) is 4.90 Å². The zero-order valence-corrected chi connectivity index (χ0v) is 14.8. The second-order valence-electron chi connectivity index (χ2n) is 5.23. The first kappa shape index (κ1) is 18.6. The van der Waals surface area contributed by atoms with Crippen LogP contribution < -0.4 is 5.73 Å². The molecule has 0 bridgehead atoms. The Hall–Kier alpha value is -0.460. The van der Waals surface area contributed by atoms with Gasteiger partial charge in [0.15, 0.2) is 0 Å². The first-order valence-electron chi connectivity index (χ1n) is 7.33. The third-order valence-corrected chi connectivity index (χ3v) is 3.95. The lowest BCUT2D eigenvalue weighted by Gasteiger charge is -2.34. The molecule has 0 aromatic heterocycles. The fraction of sp³-hybridized carbons (Fsp3) is 0.625. The Morgan fingerprint density at radius 3 is 2.48 bits per heavy atom. The lowest BCUT2D eigenvalue weighted by Crippen LogP contribution is -2.42. The Kier molecular flexibility index (Phi) is 9.11. The first-order chi connectivity index (χ1) is 10.1. The number of ether oxygens (including phenoxy) is 2. The molecule has 0 aliphatic rings. The van der Waals surface area contributed by atoms with E-state index in [1.54, 1.807) is 14.2 Å². The van der Waals surface area contributed by atoms with Crippen molar-refractivity contribution in [1.29, 1.82) is 0 Å². The molecule has 2 unspecified atom stereocenters. The third-order valence-electron chi connectivity index (χ3n) is 3.46. The van der Waals surface area contributed by atoms with Crippen molar-refractivity contribution in [2.45, 2.75) is 25.4 Å². The van der Waals surface area contributed by atoms with Crippen molar-refractivity contribution in [2.75, 3.05) is 40.5 Å². The molecule has 0 aliphatic heterocycles. The molecule has 0 heterocycles. The molecule has 0 aliphatic carbocycles. The van der Waals surface area contributed by atoms with E-state index in [-0.39, 0.29) is 12.1 Å². The van der Waals surface area contributed by atoms with Gasteiger partial charge in [0.1, 0.15) is 0 Å². The summed E-state index contributed by atoms with van der Waals surface area (Å²) in [6.45, 7) is 5.31. The molecular weight excluding hydrogens is 332 g/mol. The SMILES string of the molecule is COCCCN(CCOC)C(c1cccc(Br)c1)C(C)N. The molecule has 1 aromatic rings. The number of benzene rings is 1. The molecule has 2 atom stereocenters. The second-order valence-corrected chi connectivity index (χ2v) is 6.15. The van der Waals surface area contributed by atoms with E-state index in [2.05, 4.69) is 46.0 Å². The molecule has 0 spiro atoms. The molecule has 1 rings (SSSR count). The maximum Gasteiger partial charge on any atom is 0.0589 e. The predicted octanol–water partition coefficient (Wildman–Crippen LogP) is 2.82. The van der Waals surface area contributed by atoms with Crippen LogP contribution >= 0.6 is 15.9 Å². The average Bonchev–Trinajstić information content (AvgIpc) is 2.44. The highest BCUT2D eigenvalue weighted by atomic mass is 79.9. The van der Waals surface area contributed by atoms with E-state index >= 15 is 0 Å². The standard InChI is InChI=1S/C16H27BrN2O2/c1-13(18)16(14-6-4-7-15(17)12-14)19(9-11-21-3)8-5-10-20-2/h4,6-7,12-13,16H,5,8-11,18H2,1-3H3. The monoisotopic (exact) mass is 358 g/mol. The van der Waals surface area contributed by atoms with Gasteiger partial charge in [0.2, 0.25) is 0 Å². The van der Waals surface area contributed by atoms with Gasteiger partial charge in [0.25, 0.3) is 0 Å². The summed E-state index contributed by atoms with van der Waals surface area (Å²) >= 11 is 3.54. The quantitative estimate of drug-likeness (QED) is 0.653.